The molecule has 0 N–H and O–H groups in total. The second-order valence-corrected chi connectivity index (χ2v) is 6.92. The monoisotopic (exact) mass is 328 g/mol. The maximum atomic E-state index is 13.3. The van der Waals surface area contributed by atoms with Gasteiger partial charge in [-0.2, -0.15) is 11.8 Å². The highest BCUT2D eigenvalue weighted by molar-refractivity contribution is 7.98. The summed E-state index contributed by atoms with van der Waals surface area (Å²) >= 11 is 8.12. The summed E-state index contributed by atoms with van der Waals surface area (Å²) in [5, 5.41) is -0.169. The molecular weight excluding hydrogens is 307 g/mol. The van der Waals surface area contributed by atoms with E-state index in [9.17, 15) is 4.39 Å². The standard InChI is InChI=1S/C16H22ClFN2S/c1-12(17)16-19-14-11-13(18)7-8-15(14)20(16)9-5-3-4-6-10-21-2/h7-8,11-12H,3-6,9-10H2,1-2H3. The van der Waals surface area contributed by atoms with Crippen LogP contribution in [0, 0.1) is 5.82 Å². The Morgan fingerprint density at radius 2 is 2.05 bits per heavy atom. The number of aromatic nitrogens is 2. The lowest BCUT2D eigenvalue weighted by Crippen LogP contribution is -2.04. The van der Waals surface area contributed by atoms with Gasteiger partial charge in [-0.15, -0.1) is 11.6 Å². The Bertz CT molecular complexity index is 583. The van der Waals surface area contributed by atoms with Crippen LogP contribution in [0.1, 0.15) is 43.8 Å². The van der Waals surface area contributed by atoms with E-state index in [-0.39, 0.29) is 11.2 Å². The van der Waals surface area contributed by atoms with E-state index in [1.807, 2.05) is 18.7 Å². The minimum atomic E-state index is -0.252. The van der Waals surface area contributed by atoms with Crippen LogP contribution in [0.3, 0.4) is 0 Å². The van der Waals surface area contributed by atoms with Gasteiger partial charge < -0.3 is 4.57 Å². The molecule has 5 heteroatoms. The fraction of sp³-hybridized carbons (Fsp3) is 0.562. The van der Waals surface area contributed by atoms with Gasteiger partial charge in [-0.25, -0.2) is 9.37 Å². The van der Waals surface area contributed by atoms with E-state index >= 15 is 0 Å². The predicted octanol–water partition coefficient (Wildman–Crippen LogP) is 5.40. The maximum Gasteiger partial charge on any atom is 0.127 e. The Hall–Kier alpha value is -0.740. The molecule has 0 radical (unpaired) electrons. The summed E-state index contributed by atoms with van der Waals surface area (Å²) in [6.07, 6.45) is 6.99. The van der Waals surface area contributed by atoms with Gasteiger partial charge in [0.1, 0.15) is 11.6 Å². The number of halogens is 2. The summed E-state index contributed by atoms with van der Waals surface area (Å²) in [6, 6.07) is 4.77. The number of fused-ring (bicyclic) bond motifs is 1. The van der Waals surface area contributed by atoms with E-state index in [2.05, 4.69) is 15.8 Å². The smallest absolute Gasteiger partial charge is 0.127 e. The third-order valence-electron chi connectivity index (χ3n) is 3.58. The molecule has 1 aromatic carbocycles. The average Bonchev–Trinajstić information content (AvgIpc) is 2.80. The average molecular weight is 329 g/mol. The van der Waals surface area contributed by atoms with Gasteiger partial charge in [-0.3, -0.25) is 0 Å². The normalized spacial score (nSPS) is 13.0. The molecule has 0 bridgehead atoms. The van der Waals surface area contributed by atoms with E-state index in [0.717, 1.165) is 24.3 Å². The van der Waals surface area contributed by atoms with Crippen LogP contribution in [0.2, 0.25) is 0 Å². The van der Waals surface area contributed by atoms with Gasteiger partial charge in [0.05, 0.1) is 16.4 Å². The molecule has 0 fully saturated rings. The van der Waals surface area contributed by atoms with E-state index in [1.165, 1.54) is 37.1 Å². The molecule has 2 rings (SSSR count). The van der Waals surface area contributed by atoms with Crippen molar-refractivity contribution in [2.75, 3.05) is 12.0 Å². The Morgan fingerprint density at radius 3 is 2.76 bits per heavy atom. The van der Waals surface area contributed by atoms with Crippen molar-refractivity contribution >= 4 is 34.4 Å². The van der Waals surface area contributed by atoms with Crippen molar-refractivity contribution in [1.29, 1.82) is 0 Å². The molecule has 0 aliphatic carbocycles. The van der Waals surface area contributed by atoms with Crippen LogP contribution >= 0.6 is 23.4 Å². The Morgan fingerprint density at radius 1 is 1.29 bits per heavy atom. The number of unbranched alkanes of at least 4 members (excludes halogenated alkanes) is 3. The Labute approximate surface area is 135 Å². The second-order valence-electron chi connectivity index (χ2n) is 5.28. The van der Waals surface area contributed by atoms with Gasteiger partial charge in [-0.1, -0.05) is 12.8 Å². The number of thioether (sulfide) groups is 1. The molecule has 0 spiro atoms. The van der Waals surface area contributed by atoms with Gasteiger partial charge in [-0.05, 0) is 43.9 Å². The summed E-state index contributed by atoms with van der Waals surface area (Å²) in [7, 11) is 0. The highest BCUT2D eigenvalue weighted by atomic mass is 35.5. The van der Waals surface area contributed by atoms with Gasteiger partial charge >= 0.3 is 0 Å². The first-order chi connectivity index (χ1) is 10.1. The molecule has 1 aromatic heterocycles. The van der Waals surface area contributed by atoms with Crippen molar-refractivity contribution in [3.8, 4) is 0 Å². The predicted molar refractivity (Wildman–Crippen MR) is 90.8 cm³/mol. The molecule has 0 amide bonds. The molecule has 2 nitrogen and oxygen atoms in total. The quantitative estimate of drug-likeness (QED) is 0.477. The van der Waals surface area contributed by atoms with Crippen LogP contribution in [-0.2, 0) is 6.54 Å². The molecule has 0 aliphatic rings. The van der Waals surface area contributed by atoms with E-state index in [1.54, 1.807) is 6.07 Å². The van der Waals surface area contributed by atoms with E-state index < -0.39 is 0 Å². The number of imidazole rings is 1. The molecule has 21 heavy (non-hydrogen) atoms. The first-order valence-corrected chi connectivity index (χ1v) is 9.25. The number of nitrogens with zero attached hydrogens (tertiary/aromatic N) is 2. The molecule has 0 aliphatic heterocycles. The molecule has 0 saturated heterocycles. The summed E-state index contributed by atoms with van der Waals surface area (Å²) < 4.78 is 15.5. The highest BCUT2D eigenvalue weighted by Gasteiger charge is 2.14. The first-order valence-electron chi connectivity index (χ1n) is 7.42. The Balaban J connectivity index is 2.08. The molecule has 116 valence electrons. The van der Waals surface area contributed by atoms with Gasteiger partial charge in [0.25, 0.3) is 0 Å². The summed E-state index contributed by atoms with van der Waals surface area (Å²) in [5.74, 6) is 1.82. The number of rotatable bonds is 8. The molecular formula is C16H22ClFN2S. The number of benzene rings is 1. The topological polar surface area (TPSA) is 17.8 Å². The van der Waals surface area contributed by atoms with Crippen LogP contribution in [0.15, 0.2) is 18.2 Å². The van der Waals surface area contributed by atoms with Crippen LogP contribution in [0.5, 0.6) is 0 Å². The van der Waals surface area contributed by atoms with Crippen molar-refractivity contribution in [2.45, 2.75) is 44.5 Å². The minimum absolute atomic E-state index is 0.169. The third kappa shape index (κ3) is 4.36. The third-order valence-corrected chi connectivity index (χ3v) is 4.47. The first kappa shape index (κ1) is 16.6. The SMILES string of the molecule is CSCCCCCCn1c(C(C)Cl)nc2cc(F)ccc21. The van der Waals surface area contributed by atoms with Crippen LogP contribution in [-0.4, -0.2) is 21.6 Å². The number of aryl methyl sites for hydroxylation is 1. The summed E-state index contributed by atoms with van der Waals surface area (Å²) in [4.78, 5) is 4.49. The fourth-order valence-electron chi connectivity index (χ4n) is 2.53. The molecule has 0 saturated carbocycles. The lowest BCUT2D eigenvalue weighted by atomic mass is 10.2. The van der Waals surface area contributed by atoms with Crippen LogP contribution in [0.4, 0.5) is 4.39 Å². The van der Waals surface area contributed by atoms with Gasteiger partial charge in [0, 0.05) is 12.6 Å². The number of alkyl halides is 1. The largest absolute Gasteiger partial charge is 0.327 e. The summed E-state index contributed by atoms with van der Waals surface area (Å²) in [6.45, 7) is 2.81. The minimum Gasteiger partial charge on any atom is -0.327 e. The molecule has 1 heterocycles. The van der Waals surface area contributed by atoms with Crippen LogP contribution < -0.4 is 0 Å². The maximum absolute atomic E-state index is 13.3. The van der Waals surface area contributed by atoms with Crippen molar-refractivity contribution in [3.05, 3.63) is 29.8 Å². The Kier molecular flexibility index (Phi) is 6.37. The molecule has 1 unspecified atom stereocenters. The zero-order valence-electron chi connectivity index (χ0n) is 12.6. The van der Waals surface area contributed by atoms with Crippen molar-refractivity contribution in [1.82, 2.24) is 9.55 Å². The zero-order chi connectivity index (χ0) is 15.2. The highest BCUT2D eigenvalue weighted by Crippen LogP contribution is 2.25. The number of hydrogen-bond acceptors (Lipinski definition) is 2. The van der Waals surface area contributed by atoms with Gasteiger partial charge in [0.15, 0.2) is 0 Å². The van der Waals surface area contributed by atoms with Crippen LogP contribution in [0.25, 0.3) is 11.0 Å². The lowest BCUT2D eigenvalue weighted by molar-refractivity contribution is 0.575. The van der Waals surface area contributed by atoms with Crippen molar-refractivity contribution in [3.63, 3.8) is 0 Å². The van der Waals surface area contributed by atoms with E-state index in [0.29, 0.717) is 5.52 Å². The van der Waals surface area contributed by atoms with Crippen molar-refractivity contribution < 1.29 is 4.39 Å². The van der Waals surface area contributed by atoms with E-state index in [4.69, 9.17) is 11.6 Å². The zero-order valence-corrected chi connectivity index (χ0v) is 14.2. The fourth-order valence-corrected chi connectivity index (χ4v) is 3.19. The van der Waals surface area contributed by atoms with Crippen molar-refractivity contribution in [2.24, 2.45) is 0 Å². The lowest BCUT2D eigenvalue weighted by Gasteiger charge is -2.10. The molecule has 1 atom stereocenters. The summed E-state index contributed by atoms with van der Waals surface area (Å²) in [5.41, 5.74) is 1.67. The number of hydrogen-bond donors (Lipinski definition) is 0. The van der Waals surface area contributed by atoms with Gasteiger partial charge in [0.2, 0.25) is 0 Å². The molecule has 2 aromatic rings. The second kappa shape index (κ2) is 8.04.